The highest BCUT2D eigenvalue weighted by atomic mass is 16.7. The van der Waals surface area contributed by atoms with Crippen LogP contribution in [0.15, 0.2) is 24.7 Å². The summed E-state index contributed by atoms with van der Waals surface area (Å²) < 4.78 is 10.7. The molecule has 9 nitrogen and oxygen atoms in total. The van der Waals surface area contributed by atoms with Gasteiger partial charge in [0, 0.05) is 7.11 Å². The zero-order valence-corrected chi connectivity index (χ0v) is 11.2. The normalized spacial score (nSPS) is 15.6. The molecule has 0 aromatic carbocycles. The Bertz CT molecular complexity index is 616. The Hall–Kier alpha value is -2.23. The summed E-state index contributed by atoms with van der Waals surface area (Å²) in [4.78, 5) is 14.2. The van der Waals surface area contributed by atoms with Crippen LogP contribution in [0.3, 0.4) is 0 Å². The number of ether oxygens (including phenoxy) is 2. The molecule has 0 bridgehead atoms. The largest absolute Gasteiger partial charge is 0.505 e. The summed E-state index contributed by atoms with van der Waals surface area (Å²) in [5, 5.41) is 32.8. The molecule has 1 unspecified atom stereocenters. The second kappa shape index (κ2) is 6.48. The average Bonchev–Trinajstić information content (AvgIpc) is 2.90. The maximum atomic E-state index is 10.4. The van der Waals surface area contributed by atoms with E-state index in [0.717, 1.165) is 0 Å². The second-order valence-electron chi connectivity index (χ2n) is 4.29. The summed E-state index contributed by atoms with van der Waals surface area (Å²) in [6.07, 6.45) is -2.36. The predicted octanol–water partition coefficient (Wildman–Crippen LogP) is -0.167. The Morgan fingerprint density at radius 2 is 2.19 bits per heavy atom. The van der Waals surface area contributed by atoms with E-state index >= 15 is 0 Å². The number of aromatic nitrogens is 3. The molecule has 2 heterocycles. The van der Waals surface area contributed by atoms with Gasteiger partial charge in [0.15, 0.2) is 0 Å². The average molecular weight is 297 g/mol. The van der Waals surface area contributed by atoms with Gasteiger partial charge in [-0.2, -0.15) is 5.10 Å². The topological polar surface area (TPSA) is 126 Å². The molecule has 0 saturated carbocycles. The first-order valence-electron chi connectivity index (χ1n) is 6.07. The fourth-order valence-electron chi connectivity index (χ4n) is 1.94. The molecule has 0 saturated heterocycles. The molecule has 2 aromatic heterocycles. The highest BCUT2D eigenvalue weighted by molar-refractivity contribution is 5.56. The first-order chi connectivity index (χ1) is 10.0. The van der Waals surface area contributed by atoms with Gasteiger partial charge in [0.1, 0.15) is 31.2 Å². The van der Waals surface area contributed by atoms with Crippen molar-refractivity contribution in [1.82, 2.24) is 14.6 Å². The van der Waals surface area contributed by atoms with Crippen LogP contribution in [0.2, 0.25) is 0 Å². The lowest BCUT2D eigenvalue weighted by Crippen LogP contribution is -2.38. The van der Waals surface area contributed by atoms with Crippen LogP contribution in [0.4, 0.5) is 4.79 Å². The minimum absolute atomic E-state index is 0.331. The van der Waals surface area contributed by atoms with Gasteiger partial charge in [0.05, 0.1) is 17.4 Å². The third kappa shape index (κ3) is 3.27. The van der Waals surface area contributed by atoms with E-state index in [1.807, 2.05) is 0 Å². The van der Waals surface area contributed by atoms with E-state index in [-0.39, 0.29) is 0 Å². The SMILES string of the molecule is COC(COC(=O)O)[C@@H](O)[C@@H](O)c1ccc2cncnn12. The molecule has 0 amide bonds. The number of aliphatic hydroxyl groups excluding tert-OH is 2. The minimum atomic E-state index is -1.49. The van der Waals surface area contributed by atoms with E-state index in [0.29, 0.717) is 11.2 Å². The highest BCUT2D eigenvalue weighted by Gasteiger charge is 2.30. The van der Waals surface area contributed by atoms with Crippen LogP contribution in [-0.4, -0.2) is 62.0 Å². The first kappa shape index (κ1) is 15.2. The molecule has 0 radical (unpaired) electrons. The van der Waals surface area contributed by atoms with Crippen LogP contribution in [0.1, 0.15) is 11.8 Å². The zero-order valence-electron chi connectivity index (χ0n) is 11.2. The molecular formula is C12H15N3O6. The van der Waals surface area contributed by atoms with Crippen molar-refractivity contribution < 1.29 is 29.6 Å². The number of hydrogen-bond acceptors (Lipinski definition) is 7. The van der Waals surface area contributed by atoms with E-state index < -0.39 is 31.1 Å². The van der Waals surface area contributed by atoms with Crippen molar-refractivity contribution in [2.75, 3.05) is 13.7 Å². The Balaban J connectivity index is 2.17. The van der Waals surface area contributed by atoms with Gasteiger partial charge in [-0.15, -0.1) is 0 Å². The van der Waals surface area contributed by atoms with Gasteiger partial charge in [0.2, 0.25) is 0 Å². The van der Waals surface area contributed by atoms with Crippen molar-refractivity contribution >= 4 is 11.7 Å². The van der Waals surface area contributed by atoms with Crippen molar-refractivity contribution in [3.63, 3.8) is 0 Å². The molecule has 114 valence electrons. The van der Waals surface area contributed by atoms with E-state index in [2.05, 4.69) is 14.8 Å². The number of hydrogen-bond donors (Lipinski definition) is 3. The smallest absolute Gasteiger partial charge is 0.450 e. The van der Waals surface area contributed by atoms with Crippen molar-refractivity contribution in [1.29, 1.82) is 0 Å². The number of nitrogens with zero attached hydrogens (tertiary/aromatic N) is 3. The number of fused-ring (bicyclic) bond motifs is 1. The highest BCUT2D eigenvalue weighted by Crippen LogP contribution is 2.22. The van der Waals surface area contributed by atoms with Gasteiger partial charge < -0.3 is 24.8 Å². The molecule has 0 aliphatic rings. The molecule has 9 heteroatoms. The molecule has 2 rings (SSSR count). The molecule has 2 aromatic rings. The lowest BCUT2D eigenvalue weighted by atomic mass is 10.1. The van der Waals surface area contributed by atoms with Gasteiger partial charge in [-0.1, -0.05) is 0 Å². The lowest BCUT2D eigenvalue weighted by Gasteiger charge is -2.24. The summed E-state index contributed by atoms with van der Waals surface area (Å²) in [6, 6.07) is 3.27. The van der Waals surface area contributed by atoms with Gasteiger partial charge >= 0.3 is 6.16 Å². The van der Waals surface area contributed by atoms with E-state index in [9.17, 15) is 15.0 Å². The van der Waals surface area contributed by atoms with E-state index in [4.69, 9.17) is 9.84 Å². The minimum Gasteiger partial charge on any atom is -0.450 e. The van der Waals surface area contributed by atoms with Crippen LogP contribution in [0, 0.1) is 0 Å². The number of carbonyl (C=O) groups is 1. The van der Waals surface area contributed by atoms with E-state index in [1.165, 1.54) is 18.0 Å². The van der Waals surface area contributed by atoms with Crippen LogP contribution >= 0.6 is 0 Å². The van der Waals surface area contributed by atoms with E-state index in [1.54, 1.807) is 18.3 Å². The number of carboxylic acid groups (broad SMARTS) is 1. The molecule has 0 fully saturated rings. The van der Waals surface area contributed by atoms with Crippen molar-refractivity contribution in [3.8, 4) is 0 Å². The Labute approximate surface area is 119 Å². The summed E-state index contributed by atoms with van der Waals surface area (Å²) in [6.45, 7) is -0.400. The fraction of sp³-hybridized carbons (Fsp3) is 0.417. The van der Waals surface area contributed by atoms with Gasteiger partial charge in [-0.05, 0) is 12.1 Å². The standard InChI is InChI=1S/C12H15N3O6/c1-20-9(5-21-12(18)19)11(17)10(16)8-3-2-7-4-13-6-14-15(7)8/h2-4,6,9-11,16-17H,5H2,1H3,(H,18,19)/t9?,10-,11+/m0/s1. The number of aliphatic hydroxyl groups is 2. The number of methoxy groups -OCH3 is 1. The first-order valence-corrected chi connectivity index (χ1v) is 6.07. The molecule has 21 heavy (non-hydrogen) atoms. The summed E-state index contributed by atoms with van der Waals surface area (Å²) >= 11 is 0. The third-order valence-electron chi connectivity index (χ3n) is 3.04. The Morgan fingerprint density at radius 1 is 1.43 bits per heavy atom. The van der Waals surface area contributed by atoms with Crippen LogP contribution in [0.5, 0.6) is 0 Å². The van der Waals surface area contributed by atoms with Crippen molar-refractivity contribution in [2.24, 2.45) is 0 Å². The lowest BCUT2D eigenvalue weighted by molar-refractivity contribution is -0.0994. The van der Waals surface area contributed by atoms with Gasteiger partial charge in [-0.3, -0.25) is 0 Å². The molecule has 3 N–H and O–H groups in total. The predicted molar refractivity (Wildman–Crippen MR) is 68.7 cm³/mol. The monoisotopic (exact) mass is 297 g/mol. The second-order valence-corrected chi connectivity index (χ2v) is 4.29. The van der Waals surface area contributed by atoms with Crippen LogP contribution in [0.25, 0.3) is 5.52 Å². The Morgan fingerprint density at radius 3 is 2.86 bits per heavy atom. The zero-order chi connectivity index (χ0) is 15.4. The maximum absolute atomic E-state index is 10.4. The van der Waals surface area contributed by atoms with Gasteiger partial charge in [0.25, 0.3) is 0 Å². The van der Waals surface area contributed by atoms with Gasteiger partial charge in [-0.25, -0.2) is 14.3 Å². The summed E-state index contributed by atoms with van der Waals surface area (Å²) in [5.41, 5.74) is 0.978. The number of rotatable bonds is 6. The van der Waals surface area contributed by atoms with Crippen molar-refractivity contribution in [3.05, 3.63) is 30.4 Å². The summed E-state index contributed by atoms with van der Waals surface area (Å²) in [7, 11) is 1.28. The molecule has 0 spiro atoms. The fourth-order valence-corrected chi connectivity index (χ4v) is 1.94. The molecular weight excluding hydrogens is 282 g/mol. The molecule has 0 aliphatic carbocycles. The quantitative estimate of drug-likeness (QED) is 0.627. The Kier molecular flexibility index (Phi) is 4.68. The maximum Gasteiger partial charge on any atom is 0.505 e. The van der Waals surface area contributed by atoms with Crippen molar-refractivity contribution in [2.45, 2.75) is 18.3 Å². The molecule has 0 aliphatic heterocycles. The van der Waals surface area contributed by atoms with Crippen LogP contribution < -0.4 is 0 Å². The van der Waals surface area contributed by atoms with Crippen LogP contribution in [-0.2, 0) is 9.47 Å². The molecule has 3 atom stereocenters. The third-order valence-corrected chi connectivity index (χ3v) is 3.04. The summed E-state index contributed by atoms with van der Waals surface area (Å²) in [5.74, 6) is 0.